The number of ether oxygens (including phenoxy) is 1. The first-order chi connectivity index (χ1) is 10.4. The van der Waals surface area contributed by atoms with E-state index >= 15 is 0 Å². The van der Waals surface area contributed by atoms with Crippen molar-refractivity contribution in [3.05, 3.63) is 0 Å². The Morgan fingerprint density at radius 1 is 1.00 bits per heavy atom. The van der Waals surface area contributed by atoms with Crippen LogP contribution in [-0.4, -0.2) is 28.8 Å². The first kappa shape index (κ1) is 21.7. The summed E-state index contributed by atoms with van der Waals surface area (Å²) in [6.07, 6.45) is 2.27. The lowest BCUT2D eigenvalue weighted by Gasteiger charge is -2.25. The molecule has 5 heteroatoms. The molecule has 0 rings (SSSR count). The number of nitrogens with one attached hydrogen (secondary N) is 1. The molecule has 0 spiro atoms. The summed E-state index contributed by atoms with van der Waals surface area (Å²) in [7, 11) is 0. The second-order valence-corrected chi connectivity index (χ2v) is 8.21. The quantitative estimate of drug-likeness (QED) is 0.655. The van der Waals surface area contributed by atoms with Gasteiger partial charge in [0.05, 0.1) is 5.92 Å². The van der Waals surface area contributed by atoms with E-state index in [0.29, 0.717) is 31.1 Å². The molecule has 0 aliphatic heterocycles. The van der Waals surface area contributed by atoms with Gasteiger partial charge in [0.1, 0.15) is 5.60 Å². The van der Waals surface area contributed by atoms with Gasteiger partial charge >= 0.3 is 12.1 Å². The van der Waals surface area contributed by atoms with Gasteiger partial charge in [-0.25, -0.2) is 4.79 Å². The van der Waals surface area contributed by atoms with Crippen LogP contribution in [0.2, 0.25) is 0 Å². The van der Waals surface area contributed by atoms with Crippen molar-refractivity contribution in [3.8, 4) is 0 Å². The minimum Gasteiger partial charge on any atom is -0.481 e. The molecule has 0 saturated heterocycles. The zero-order valence-corrected chi connectivity index (χ0v) is 15.8. The molecule has 0 heterocycles. The van der Waals surface area contributed by atoms with E-state index in [9.17, 15) is 14.7 Å². The van der Waals surface area contributed by atoms with Crippen molar-refractivity contribution in [3.63, 3.8) is 0 Å². The van der Waals surface area contributed by atoms with E-state index in [0.717, 1.165) is 6.42 Å². The van der Waals surface area contributed by atoms with Gasteiger partial charge in [0, 0.05) is 6.04 Å². The zero-order chi connectivity index (χ0) is 18.2. The van der Waals surface area contributed by atoms with E-state index in [4.69, 9.17) is 4.74 Å². The van der Waals surface area contributed by atoms with E-state index < -0.39 is 17.7 Å². The van der Waals surface area contributed by atoms with Gasteiger partial charge in [-0.1, -0.05) is 27.7 Å². The maximum Gasteiger partial charge on any atom is 0.407 e. The van der Waals surface area contributed by atoms with Crippen LogP contribution in [0.25, 0.3) is 0 Å². The van der Waals surface area contributed by atoms with Crippen molar-refractivity contribution in [1.82, 2.24) is 5.32 Å². The Balaban J connectivity index is 4.65. The second-order valence-electron chi connectivity index (χ2n) is 8.21. The van der Waals surface area contributed by atoms with Crippen LogP contribution in [0, 0.1) is 17.8 Å². The molecule has 0 fully saturated rings. The van der Waals surface area contributed by atoms with E-state index in [2.05, 4.69) is 19.2 Å². The van der Waals surface area contributed by atoms with Crippen molar-refractivity contribution in [2.45, 2.75) is 85.8 Å². The fourth-order valence-corrected chi connectivity index (χ4v) is 2.61. The number of carboxylic acids is 1. The first-order valence-corrected chi connectivity index (χ1v) is 8.63. The number of hydrogen-bond acceptors (Lipinski definition) is 3. The molecule has 2 N–H and O–H groups in total. The summed E-state index contributed by atoms with van der Waals surface area (Å²) >= 11 is 0. The van der Waals surface area contributed by atoms with Gasteiger partial charge in [0.15, 0.2) is 0 Å². The van der Waals surface area contributed by atoms with Crippen molar-refractivity contribution in [1.29, 1.82) is 0 Å². The molecule has 1 amide bonds. The summed E-state index contributed by atoms with van der Waals surface area (Å²) in [5.74, 6) is -0.342. The topological polar surface area (TPSA) is 75.6 Å². The Hall–Kier alpha value is -1.26. The van der Waals surface area contributed by atoms with Crippen molar-refractivity contribution in [2.75, 3.05) is 0 Å². The lowest BCUT2D eigenvalue weighted by molar-refractivity contribution is -0.142. The molecular formula is C18H35NO4. The molecular weight excluding hydrogens is 294 g/mol. The number of carbonyl (C=O) groups excluding carboxylic acids is 1. The summed E-state index contributed by atoms with van der Waals surface area (Å²) in [6.45, 7) is 13.7. The van der Waals surface area contributed by atoms with Crippen LogP contribution in [-0.2, 0) is 9.53 Å². The van der Waals surface area contributed by atoms with Gasteiger partial charge in [-0.2, -0.15) is 0 Å². The smallest absolute Gasteiger partial charge is 0.407 e. The number of amides is 1. The number of alkyl carbamates (subject to hydrolysis) is 1. The third-order valence-corrected chi connectivity index (χ3v) is 3.45. The molecule has 0 aromatic rings. The van der Waals surface area contributed by atoms with Crippen LogP contribution in [0.5, 0.6) is 0 Å². The predicted molar refractivity (Wildman–Crippen MR) is 92.4 cm³/mol. The van der Waals surface area contributed by atoms with Crippen LogP contribution < -0.4 is 5.32 Å². The van der Waals surface area contributed by atoms with E-state index in [-0.39, 0.29) is 12.0 Å². The number of aliphatic carboxylic acids is 1. The molecule has 0 aliphatic carbocycles. The zero-order valence-electron chi connectivity index (χ0n) is 15.8. The average Bonchev–Trinajstić information content (AvgIpc) is 2.29. The molecule has 0 aliphatic rings. The summed E-state index contributed by atoms with van der Waals surface area (Å²) < 4.78 is 5.30. The summed E-state index contributed by atoms with van der Waals surface area (Å²) in [4.78, 5) is 23.3. The highest BCUT2D eigenvalue weighted by atomic mass is 16.6. The normalized spacial score (nSPS) is 14.7. The maximum absolute atomic E-state index is 12.0. The van der Waals surface area contributed by atoms with E-state index in [1.165, 1.54) is 0 Å². The summed E-state index contributed by atoms with van der Waals surface area (Å²) in [6, 6.07) is -0.0566. The molecule has 0 radical (unpaired) electrons. The van der Waals surface area contributed by atoms with Gasteiger partial charge in [-0.05, 0) is 58.3 Å². The van der Waals surface area contributed by atoms with Crippen LogP contribution in [0.15, 0.2) is 0 Å². The Labute approximate surface area is 141 Å². The lowest BCUT2D eigenvalue weighted by atomic mass is 9.89. The standard InChI is InChI=1S/C18H35NO4/c1-12(2)10-14(16(20)21)8-9-15(11-13(3)4)19-17(22)23-18(5,6)7/h12-15H,8-11H2,1-7H3,(H,19,22)(H,20,21)/t14-,15+/m0/s1. The highest BCUT2D eigenvalue weighted by Crippen LogP contribution is 2.21. The lowest BCUT2D eigenvalue weighted by Crippen LogP contribution is -2.40. The number of carbonyl (C=O) groups is 2. The van der Waals surface area contributed by atoms with Crippen molar-refractivity contribution in [2.24, 2.45) is 17.8 Å². The number of rotatable bonds is 9. The molecule has 0 aromatic carbocycles. The molecule has 136 valence electrons. The summed E-state index contributed by atoms with van der Waals surface area (Å²) in [5.41, 5.74) is -0.534. The SMILES string of the molecule is CC(C)C[C@@H](CC[C@@H](CC(C)C)C(=O)O)NC(=O)OC(C)(C)C. The van der Waals surface area contributed by atoms with Crippen molar-refractivity contribution < 1.29 is 19.4 Å². The van der Waals surface area contributed by atoms with E-state index in [1.807, 2.05) is 34.6 Å². The molecule has 5 nitrogen and oxygen atoms in total. The molecule has 23 heavy (non-hydrogen) atoms. The fourth-order valence-electron chi connectivity index (χ4n) is 2.61. The molecule has 0 saturated carbocycles. The van der Waals surface area contributed by atoms with E-state index in [1.54, 1.807) is 0 Å². The molecule has 2 atom stereocenters. The summed E-state index contributed by atoms with van der Waals surface area (Å²) in [5, 5.41) is 12.2. The Bertz CT molecular complexity index is 372. The average molecular weight is 329 g/mol. The second kappa shape index (κ2) is 9.78. The van der Waals surface area contributed by atoms with Crippen LogP contribution in [0.3, 0.4) is 0 Å². The molecule has 0 bridgehead atoms. The first-order valence-electron chi connectivity index (χ1n) is 8.63. The molecule has 0 unspecified atom stereocenters. The van der Waals surface area contributed by atoms with Gasteiger partial charge < -0.3 is 15.2 Å². The minimum atomic E-state index is -0.751. The van der Waals surface area contributed by atoms with Crippen LogP contribution in [0.4, 0.5) is 4.79 Å². The highest BCUT2D eigenvalue weighted by molar-refractivity contribution is 5.70. The highest BCUT2D eigenvalue weighted by Gasteiger charge is 2.24. The Morgan fingerprint density at radius 2 is 1.52 bits per heavy atom. The Morgan fingerprint density at radius 3 is 1.91 bits per heavy atom. The van der Waals surface area contributed by atoms with Gasteiger partial charge in [0.2, 0.25) is 0 Å². The maximum atomic E-state index is 12.0. The largest absolute Gasteiger partial charge is 0.481 e. The van der Waals surface area contributed by atoms with Crippen LogP contribution in [0.1, 0.15) is 74.1 Å². The fraction of sp³-hybridized carbons (Fsp3) is 0.889. The van der Waals surface area contributed by atoms with Crippen LogP contribution >= 0.6 is 0 Å². The third-order valence-electron chi connectivity index (χ3n) is 3.45. The minimum absolute atomic E-state index is 0.0566. The van der Waals surface area contributed by atoms with Crippen molar-refractivity contribution >= 4 is 12.1 Å². The van der Waals surface area contributed by atoms with Gasteiger partial charge in [-0.3, -0.25) is 4.79 Å². The monoisotopic (exact) mass is 329 g/mol. The number of hydrogen-bond donors (Lipinski definition) is 2. The predicted octanol–water partition coefficient (Wildman–Crippen LogP) is 4.45. The molecule has 0 aromatic heterocycles. The third kappa shape index (κ3) is 11.9. The Kier molecular flexibility index (Phi) is 9.25. The number of carboxylic acid groups (broad SMARTS) is 1. The van der Waals surface area contributed by atoms with Gasteiger partial charge in [0.25, 0.3) is 0 Å². The van der Waals surface area contributed by atoms with Gasteiger partial charge in [-0.15, -0.1) is 0 Å².